The first kappa shape index (κ1) is 11.8. The van der Waals surface area contributed by atoms with Crippen molar-refractivity contribution in [2.45, 2.75) is 6.04 Å². The van der Waals surface area contributed by atoms with Gasteiger partial charge in [0.25, 0.3) is 5.56 Å². The first-order valence-corrected chi connectivity index (χ1v) is 5.26. The van der Waals surface area contributed by atoms with Crippen LogP contribution in [0.2, 0.25) is 0 Å². The zero-order valence-electron chi connectivity index (χ0n) is 9.33. The van der Waals surface area contributed by atoms with E-state index < -0.39 is 12.0 Å². The summed E-state index contributed by atoms with van der Waals surface area (Å²) >= 11 is 0. The Labute approximate surface area is 102 Å². The summed E-state index contributed by atoms with van der Waals surface area (Å²) in [6, 6.07) is 8.95. The third kappa shape index (κ3) is 2.73. The molecule has 6 nitrogen and oxygen atoms in total. The predicted octanol–water partition coefficient (Wildman–Crippen LogP) is 1.01. The molecule has 1 unspecified atom stereocenters. The summed E-state index contributed by atoms with van der Waals surface area (Å²) in [5.41, 5.74) is 0.247. The second kappa shape index (κ2) is 5.13. The number of benzene rings is 1. The molecule has 0 fully saturated rings. The van der Waals surface area contributed by atoms with Gasteiger partial charge in [-0.25, -0.2) is 9.78 Å². The van der Waals surface area contributed by atoms with Crippen molar-refractivity contribution in [3.05, 3.63) is 58.6 Å². The zero-order chi connectivity index (χ0) is 13.0. The van der Waals surface area contributed by atoms with Gasteiger partial charge in [0.1, 0.15) is 5.82 Å². The van der Waals surface area contributed by atoms with Crippen LogP contribution in [-0.2, 0) is 4.79 Å². The maximum atomic E-state index is 11.2. The van der Waals surface area contributed by atoms with E-state index in [1.54, 1.807) is 30.3 Å². The van der Waals surface area contributed by atoms with Crippen molar-refractivity contribution >= 4 is 11.8 Å². The molecule has 0 saturated heterocycles. The standard InChI is InChI=1S/C12H11N3O3/c16-10-6-9(13-7-14-10)15-11(12(17)18)8-4-2-1-3-5-8/h1-7,11H,(H,17,18)(H2,13,14,15,16). The fraction of sp³-hybridized carbons (Fsp3) is 0.0833. The molecule has 6 heteroatoms. The summed E-state index contributed by atoms with van der Waals surface area (Å²) in [5.74, 6) is -0.821. The zero-order valence-corrected chi connectivity index (χ0v) is 9.33. The van der Waals surface area contributed by atoms with Crippen LogP contribution < -0.4 is 10.9 Å². The largest absolute Gasteiger partial charge is 0.479 e. The highest BCUT2D eigenvalue weighted by Crippen LogP contribution is 2.17. The highest BCUT2D eigenvalue weighted by atomic mass is 16.4. The smallest absolute Gasteiger partial charge is 0.330 e. The van der Waals surface area contributed by atoms with E-state index >= 15 is 0 Å². The number of hydrogen-bond donors (Lipinski definition) is 3. The van der Waals surface area contributed by atoms with Gasteiger partial charge in [-0.2, -0.15) is 0 Å². The molecule has 1 heterocycles. The van der Waals surface area contributed by atoms with Crippen LogP contribution in [0.3, 0.4) is 0 Å². The van der Waals surface area contributed by atoms with E-state index in [1.165, 1.54) is 12.4 Å². The van der Waals surface area contributed by atoms with Crippen LogP contribution in [0.1, 0.15) is 11.6 Å². The molecule has 1 atom stereocenters. The molecule has 0 saturated carbocycles. The molecule has 0 aliphatic rings. The maximum absolute atomic E-state index is 11.2. The minimum Gasteiger partial charge on any atom is -0.479 e. The molecule has 92 valence electrons. The number of nitrogens with one attached hydrogen (secondary N) is 2. The van der Waals surface area contributed by atoms with E-state index in [-0.39, 0.29) is 11.4 Å². The van der Waals surface area contributed by atoms with E-state index in [0.29, 0.717) is 5.56 Å². The number of aromatic nitrogens is 2. The van der Waals surface area contributed by atoms with Crippen molar-refractivity contribution in [1.82, 2.24) is 9.97 Å². The third-order valence-electron chi connectivity index (χ3n) is 2.35. The normalized spacial score (nSPS) is 11.8. The van der Waals surface area contributed by atoms with Gasteiger partial charge in [0.2, 0.25) is 0 Å². The van der Waals surface area contributed by atoms with E-state index in [4.69, 9.17) is 0 Å². The molecule has 1 aromatic carbocycles. The van der Waals surface area contributed by atoms with Gasteiger partial charge < -0.3 is 15.4 Å². The van der Waals surface area contributed by atoms with Gasteiger partial charge in [-0.15, -0.1) is 0 Å². The second-order valence-electron chi connectivity index (χ2n) is 3.62. The fourth-order valence-electron chi connectivity index (χ4n) is 1.53. The molecule has 0 radical (unpaired) electrons. The van der Waals surface area contributed by atoms with Crippen LogP contribution in [0.5, 0.6) is 0 Å². The summed E-state index contributed by atoms with van der Waals surface area (Å²) < 4.78 is 0. The number of anilines is 1. The summed E-state index contributed by atoms with van der Waals surface area (Å²) in [6.45, 7) is 0. The van der Waals surface area contributed by atoms with E-state index in [9.17, 15) is 14.7 Å². The molecule has 0 amide bonds. The Kier molecular flexibility index (Phi) is 3.38. The molecule has 0 bridgehead atoms. The number of rotatable bonds is 4. The van der Waals surface area contributed by atoms with Crippen molar-refractivity contribution in [3.63, 3.8) is 0 Å². The Morgan fingerprint density at radius 3 is 2.67 bits per heavy atom. The number of carboxylic acid groups (broad SMARTS) is 1. The van der Waals surface area contributed by atoms with Gasteiger partial charge in [-0.05, 0) is 5.56 Å². The lowest BCUT2D eigenvalue weighted by molar-refractivity contribution is -0.138. The number of carbonyl (C=O) groups is 1. The van der Waals surface area contributed by atoms with Gasteiger partial charge in [0, 0.05) is 6.07 Å². The molecule has 0 aliphatic heterocycles. The fourth-order valence-corrected chi connectivity index (χ4v) is 1.53. The molecule has 2 rings (SSSR count). The number of nitrogens with zero attached hydrogens (tertiary/aromatic N) is 1. The van der Waals surface area contributed by atoms with Crippen LogP contribution >= 0.6 is 0 Å². The summed E-state index contributed by atoms with van der Waals surface area (Å²) in [4.78, 5) is 28.5. The number of aromatic amines is 1. The first-order chi connectivity index (χ1) is 8.66. The topological polar surface area (TPSA) is 95.1 Å². The number of carboxylic acids is 1. The van der Waals surface area contributed by atoms with Gasteiger partial charge in [0.15, 0.2) is 6.04 Å². The summed E-state index contributed by atoms with van der Waals surface area (Å²) in [7, 11) is 0. The number of H-pyrrole nitrogens is 1. The van der Waals surface area contributed by atoms with Crippen LogP contribution in [0, 0.1) is 0 Å². The number of hydrogen-bond acceptors (Lipinski definition) is 4. The van der Waals surface area contributed by atoms with E-state index in [0.717, 1.165) is 0 Å². The molecule has 1 aromatic heterocycles. The van der Waals surface area contributed by atoms with Crippen molar-refractivity contribution in [2.75, 3.05) is 5.32 Å². The van der Waals surface area contributed by atoms with Crippen molar-refractivity contribution in [3.8, 4) is 0 Å². The van der Waals surface area contributed by atoms with Crippen molar-refractivity contribution in [1.29, 1.82) is 0 Å². The van der Waals surface area contributed by atoms with E-state index in [2.05, 4.69) is 15.3 Å². The first-order valence-electron chi connectivity index (χ1n) is 5.26. The van der Waals surface area contributed by atoms with Gasteiger partial charge in [-0.1, -0.05) is 30.3 Å². The molecular weight excluding hydrogens is 234 g/mol. The molecule has 3 N–H and O–H groups in total. The Balaban J connectivity index is 2.28. The van der Waals surface area contributed by atoms with Crippen LogP contribution in [0.4, 0.5) is 5.82 Å². The Hall–Kier alpha value is -2.63. The van der Waals surface area contributed by atoms with Gasteiger partial charge in [-0.3, -0.25) is 4.79 Å². The number of aliphatic carboxylic acids is 1. The molecular formula is C12H11N3O3. The molecule has 0 spiro atoms. The van der Waals surface area contributed by atoms with Gasteiger partial charge in [0.05, 0.1) is 6.33 Å². The SMILES string of the molecule is O=C(O)C(Nc1cc(=O)[nH]cn1)c1ccccc1. The van der Waals surface area contributed by atoms with Gasteiger partial charge >= 0.3 is 5.97 Å². The predicted molar refractivity (Wildman–Crippen MR) is 65.3 cm³/mol. The minimum atomic E-state index is -1.04. The Bertz CT molecular complexity index is 595. The third-order valence-corrected chi connectivity index (χ3v) is 2.35. The maximum Gasteiger partial charge on any atom is 0.330 e. The quantitative estimate of drug-likeness (QED) is 0.747. The van der Waals surface area contributed by atoms with Crippen LogP contribution in [0.15, 0.2) is 47.5 Å². The molecule has 0 aliphatic carbocycles. The summed E-state index contributed by atoms with van der Waals surface area (Å²) in [6.07, 6.45) is 1.22. The molecule has 2 aromatic rings. The van der Waals surface area contributed by atoms with Crippen molar-refractivity contribution < 1.29 is 9.90 Å². The van der Waals surface area contributed by atoms with Crippen molar-refractivity contribution in [2.24, 2.45) is 0 Å². The highest BCUT2D eigenvalue weighted by Gasteiger charge is 2.19. The lowest BCUT2D eigenvalue weighted by Crippen LogP contribution is -2.22. The highest BCUT2D eigenvalue weighted by molar-refractivity contribution is 5.78. The average Bonchev–Trinajstić information content (AvgIpc) is 2.37. The Morgan fingerprint density at radius 2 is 2.06 bits per heavy atom. The Morgan fingerprint density at radius 1 is 1.33 bits per heavy atom. The minimum absolute atomic E-state index is 0.218. The molecule has 18 heavy (non-hydrogen) atoms. The lowest BCUT2D eigenvalue weighted by Gasteiger charge is -2.14. The van der Waals surface area contributed by atoms with Crippen LogP contribution in [-0.4, -0.2) is 21.0 Å². The average molecular weight is 245 g/mol. The summed E-state index contributed by atoms with van der Waals surface area (Å²) in [5, 5.41) is 11.9. The van der Waals surface area contributed by atoms with E-state index in [1.807, 2.05) is 0 Å². The van der Waals surface area contributed by atoms with Crippen LogP contribution in [0.25, 0.3) is 0 Å². The second-order valence-corrected chi connectivity index (χ2v) is 3.62. The monoisotopic (exact) mass is 245 g/mol. The lowest BCUT2D eigenvalue weighted by atomic mass is 10.1.